The average molecular weight is 364 g/mol. The zero-order valence-electron chi connectivity index (χ0n) is 16.8. The van der Waals surface area contributed by atoms with Crippen LogP contribution < -0.4 is 15.5 Å². The van der Waals surface area contributed by atoms with Crippen LogP contribution in [0.3, 0.4) is 0 Å². The highest BCUT2D eigenvalue weighted by Gasteiger charge is 2.21. The minimum atomic E-state index is -0.207. The number of likely N-dealkylation sites (tertiary alicyclic amines) is 1. The number of rotatable bonds is 6. The Balaban J connectivity index is 1.95. The molecule has 2 N–H and O–H groups in total. The van der Waals surface area contributed by atoms with E-state index in [-0.39, 0.29) is 5.82 Å². The molecule has 0 atom stereocenters. The number of guanidine groups is 1. The van der Waals surface area contributed by atoms with Crippen molar-refractivity contribution < 1.29 is 4.39 Å². The number of piperidine rings is 1. The first-order valence-electron chi connectivity index (χ1n) is 9.65. The van der Waals surface area contributed by atoms with Crippen molar-refractivity contribution in [2.75, 3.05) is 38.6 Å². The fourth-order valence-corrected chi connectivity index (χ4v) is 3.26. The maximum Gasteiger partial charge on any atom is 0.191 e. The van der Waals surface area contributed by atoms with Gasteiger partial charge in [0, 0.05) is 45.8 Å². The molecule has 26 heavy (non-hydrogen) atoms. The lowest BCUT2D eigenvalue weighted by atomic mass is 10.0. The van der Waals surface area contributed by atoms with Crippen molar-refractivity contribution >= 4 is 11.6 Å². The van der Waals surface area contributed by atoms with Crippen LogP contribution in [0.5, 0.6) is 0 Å². The van der Waals surface area contributed by atoms with E-state index in [1.165, 1.54) is 0 Å². The molecule has 0 bridgehead atoms. The summed E-state index contributed by atoms with van der Waals surface area (Å²) in [4.78, 5) is 8.93. The predicted molar refractivity (Wildman–Crippen MR) is 108 cm³/mol. The summed E-state index contributed by atoms with van der Waals surface area (Å²) in [5.74, 6) is 0.606. The molecule has 5 nitrogen and oxygen atoms in total. The summed E-state index contributed by atoms with van der Waals surface area (Å²) in [5, 5.41) is 6.84. The second-order valence-electron chi connectivity index (χ2n) is 7.42. The van der Waals surface area contributed by atoms with Gasteiger partial charge in [0.05, 0.1) is 12.2 Å². The molecule has 146 valence electrons. The largest absolute Gasteiger partial charge is 0.375 e. The summed E-state index contributed by atoms with van der Waals surface area (Å²) in [6, 6.07) is 6.37. The van der Waals surface area contributed by atoms with Gasteiger partial charge in [0.2, 0.25) is 0 Å². The van der Waals surface area contributed by atoms with E-state index in [1.54, 1.807) is 11.0 Å². The topological polar surface area (TPSA) is 42.9 Å². The molecule has 0 amide bonds. The Morgan fingerprint density at radius 1 is 1.31 bits per heavy atom. The van der Waals surface area contributed by atoms with Gasteiger partial charge < -0.3 is 20.4 Å². The smallest absolute Gasteiger partial charge is 0.191 e. The van der Waals surface area contributed by atoms with Crippen molar-refractivity contribution in [2.24, 2.45) is 4.99 Å². The monoisotopic (exact) mass is 363 g/mol. The molecule has 1 heterocycles. The molecule has 6 heteroatoms. The third kappa shape index (κ3) is 5.87. The van der Waals surface area contributed by atoms with Crippen molar-refractivity contribution in [3.05, 3.63) is 29.6 Å². The molecule has 1 fully saturated rings. The van der Waals surface area contributed by atoms with Gasteiger partial charge in [-0.2, -0.15) is 0 Å². The summed E-state index contributed by atoms with van der Waals surface area (Å²) >= 11 is 0. The molecule has 1 saturated heterocycles. The fourth-order valence-electron chi connectivity index (χ4n) is 3.26. The van der Waals surface area contributed by atoms with E-state index >= 15 is 0 Å². The van der Waals surface area contributed by atoms with E-state index < -0.39 is 0 Å². The first kappa shape index (κ1) is 20.5. The summed E-state index contributed by atoms with van der Waals surface area (Å²) in [6.45, 7) is 10.1. The van der Waals surface area contributed by atoms with Crippen molar-refractivity contribution in [1.82, 2.24) is 15.5 Å². The van der Waals surface area contributed by atoms with Crippen LogP contribution in [0.2, 0.25) is 0 Å². The lowest BCUT2D eigenvalue weighted by Crippen LogP contribution is -2.49. The molecule has 0 aromatic heterocycles. The third-order valence-electron chi connectivity index (χ3n) is 4.86. The minimum absolute atomic E-state index is 0.207. The van der Waals surface area contributed by atoms with E-state index in [0.29, 0.717) is 24.3 Å². The zero-order chi connectivity index (χ0) is 19.1. The highest BCUT2D eigenvalue weighted by molar-refractivity contribution is 5.80. The van der Waals surface area contributed by atoms with E-state index in [9.17, 15) is 4.39 Å². The number of hydrogen-bond donors (Lipinski definition) is 2. The van der Waals surface area contributed by atoms with Gasteiger partial charge in [-0.1, -0.05) is 6.07 Å². The highest BCUT2D eigenvalue weighted by Crippen LogP contribution is 2.18. The maximum atomic E-state index is 14.1. The number of anilines is 1. The Morgan fingerprint density at radius 3 is 2.54 bits per heavy atom. The van der Waals surface area contributed by atoms with Crippen LogP contribution >= 0.6 is 0 Å². The van der Waals surface area contributed by atoms with Gasteiger partial charge in [-0.25, -0.2) is 9.38 Å². The van der Waals surface area contributed by atoms with Gasteiger partial charge >= 0.3 is 0 Å². The van der Waals surface area contributed by atoms with Gasteiger partial charge in [0.1, 0.15) is 5.82 Å². The second-order valence-corrected chi connectivity index (χ2v) is 7.42. The molecular weight excluding hydrogens is 329 g/mol. The van der Waals surface area contributed by atoms with Crippen molar-refractivity contribution in [3.63, 3.8) is 0 Å². The number of hydrogen-bond acceptors (Lipinski definition) is 3. The molecule has 0 aliphatic carbocycles. The molecule has 1 aromatic carbocycles. The molecule has 2 rings (SSSR count). The Kier molecular flexibility index (Phi) is 7.69. The summed E-state index contributed by atoms with van der Waals surface area (Å²) in [7, 11) is 3.68. The Hall–Kier alpha value is -1.82. The fraction of sp³-hybridized carbons (Fsp3) is 0.650. The highest BCUT2D eigenvalue weighted by atomic mass is 19.1. The summed E-state index contributed by atoms with van der Waals surface area (Å²) < 4.78 is 14.1. The Bertz CT molecular complexity index is 592. The third-order valence-corrected chi connectivity index (χ3v) is 4.86. The number of aliphatic imine (C=N–C) groups is 1. The quantitative estimate of drug-likeness (QED) is 0.602. The molecule has 0 spiro atoms. The van der Waals surface area contributed by atoms with Crippen molar-refractivity contribution in [1.29, 1.82) is 0 Å². The number of benzene rings is 1. The normalized spacial score (nSPS) is 16.8. The number of nitrogens with one attached hydrogen (secondary N) is 2. The maximum absolute atomic E-state index is 14.1. The summed E-state index contributed by atoms with van der Waals surface area (Å²) in [6.07, 6.45) is 2.24. The standard InChI is InChI=1S/C20H34FN5/c1-6-22-20(24-17-9-11-26(12-10-17)15(2)3)23-14-16-7-8-19(25(4)5)18(21)13-16/h7-8,13,15,17H,6,9-12,14H2,1-5H3,(H2,22,23,24). The first-order valence-corrected chi connectivity index (χ1v) is 9.65. The van der Waals surface area contributed by atoms with Gasteiger partial charge in [0.25, 0.3) is 0 Å². The van der Waals surface area contributed by atoms with Gasteiger partial charge in [-0.05, 0) is 51.3 Å². The van der Waals surface area contributed by atoms with Crippen LogP contribution in [0.1, 0.15) is 39.2 Å². The lowest BCUT2D eigenvalue weighted by Gasteiger charge is -2.35. The first-order chi connectivity index (χ1) is 12.4. The number of nitrogens with zero attached hydrogens (tertiary/aromatic N) is 3. The van der Waals surface area contributed by atoms with E-state index in [0.717, 1.165) is 44.0 Å². The van der Waals surface area contributed by atoms with Crippen LogP contribution in [0.4, 0.5) is 10.1 Å². The predicted octanol–water partition coefficient (Wildman–Crippen LogP) is 2.82. The van der Waals surface area contributed by atoms with Crippen LogP contribution in [-0.4, -0.2) is 56.7 Å². The van der Waals surface area contributed by atoms with Crippen molar-refractivity contribution in [3.8, 4) is 0 Å². The molecule has 1 aromatic rings. The van der Waals surface area contributed by atoms with E-state index in [2.05, 4.69) is 41.3 Å². The molecule has 0 radical (unpaired) electrons. The average Bonchev–Trinajstić information content (AvgIpc) is 2.60. The van der Waals surface area contributed by atoms with E-state index in [4.69, 9.17) is 0 Å². The number of halogens is 1. The van der Waals surface area contributed by atoms with Crippen LogP contribution in [0.25, 0.3) is 0 Å². The van der Waals surface area contributed by atoms with Crippen molar-refractivity contribution in [2.45, 2.75) is 52.2 Å². The SMILES string of the molecule is CCNC(=NCc1ccc(N(C)C)c(F)c1)NC1CCN(C(C)C)CC1. The van der Waals surface area contributed by atoms with Gasteiger partial charge in [-0.3, -0.25) is 0 Å². The summed E-state index contributed by atoms with van der Waals surface area (Å²) in [5.41, 5.74) is 1.47. The molecule has 0 saturated carbocycles. The minimum Gasteiger partial charge on any atom is -0.375 e. The zero-order valence-corrected chi connectivity index (χ0v) is 16.8. The molecule has 0 unspecified atom stereocenters. The molecular formula is C20H34FN5. The van der Waals surface area contributed by atoms with Crippen LogP contribution in [0.15, 0.2) is 23.2 Å². The van der Waals surface area contributed by atoms with Crippen LogP contribution in [-0.2, 0) is 6.54 Å². The molecule has 1 aliphatic rings. The van der Waals surface area contributed by atoms with Crippen LogP contribution in [0, 0.1) is 5.82 Å². The van der Waals surface area contributed by atoms with Gasteiger partial charge in [0.15, 0.2) is 5.96 Å². The molecule has 1 aliphatic heterocycles. The second kappa shape index (κ2) is 9.76. The lowest BCUT2D eigenvalue weighted by molar-refractivity contribution is 0.167. The Morgan fingerprint density at radius 2 is 2.00 bits per heavy atom. The van der Waals surface area contributed by atoms with Gasteiger partial charge in [-0.15, -0.1) is 0 Å². The van der Waals surface area contributed by atoms with E-state index in [1.807, 2.05) is 26.2 Å². The Labute approximate surface area is 157 Å².